The van der Waals surface area contributed by atoms with Gasteiger partial charge in [-0.2, -0.15) is 10.5 Å². The molecule has 6 aromatic rings. The van der Waals surface area contributed by atoms with Crippen molar-refractivity contribution < 1.29 is 0 Å². The number of aryl methyl sites for hydroxylation is 1. The maximum absolute atomic E-state index is 9.80. The van der Waals surface area contributed by atoms with Crippen molar-refractivity contribution in [3.8, 4) is 34.4 Å². The molecule has 0 heterocycles. The van der Waals surface area contributed by atoms with Crippen molar-refractivity contribution >= 4 is 32.3 Å². The summed E-state index contributed by atoms with van der Waals surface area (Å²) in [6, 6.07) is 40.1. The van der Waals surface area contributed by atoms with Gasteiger partial charge in [0.05, 0.1) is 11.1 Å². The molecule has 0 aromatic heterocycles. The Morgan fingerprint density at radius 3 is 1.71 bits per heavy atom. The Kier molecular flexibility index (Phi) is 4.81. The maximum Gasteiger partial charge on any atom is 0.101 e. The summed E-state index contributed by atoms with van der Waals surface area (Å²) in [5.41, 5.74) is 6.12. The van der Waals surface area contributed by atoms with E-state index in [0.29, 0.717) is 11.1 Å². The molecule has 0 amide bonds. The average Bonchev–Trinajstić information content (AvgIpc) is 2.92. The molecule has 0 saturated heterocycles. The van der Waals surface area contributed by atoms with Gasteiger partial charge in [-0.3, -0.25) is 0 Å². The molecule has 0 N–H and O–H groups in total. The predicted octanol–water partition coefficient (Wildman–Crippen LogP) is 8.53. The first-order valence-electron chi connectivity index (χ1n) is 11.6. The van der Waals surface area contributed by atoms with E-state index in [1.54, 1.807) is 0 Å². The summed E-state index contributed by atoms with van der Waals surface area (Å²) in [6.45, 7) is 2.02. The SMILES string of the molecule is Cc1cc(C#N)c(C#N)cc1-c1c(-c2ccc3ccccc3c2)c2ccccc2c2ccccc12. The van der Waals surface area contributed by atoms with Crippen molar-refractivity contribution in [3.05, 3.63) is 120 Å². The van der Waals surface area contributed by atoms with Crippen LogP contribution in [0.1, 0.15) is 16.7 Å². The maximum atomic E-state index is 9.80. The van der Waals surface area contributed by atoms with Crippen LogP contribution in [0.4, 0.5) is 0 Å². The number of nitriles is 2. The Morgan fingerprint density at radius 2 is 1.06 bits per heavy atom. The molecule has 6 aromatic carbocycles. The van der Waals surface area contributed by atoms with Crippen LogP contribution in [0.25, 0.3) is 54.6 Å². The van der Waals surface area contributed by atoms with E-state index in [1.165, 1.54) is 26.9 Å². The van der Waals surface area contributed by atoms with Crippen molar-refractivity contribution in [2.24, 2.45) is 0 Å². The fourth-order valence-electron chi connectivity index (χ4n) is 5.23. The lowest BCUT2D eigenvalue weighted by molar-refractivity contribution is 1.38. The fourth-order valence-corrected chi connectivity index (χ4v) is 5.23. The number of hydrogen-bond acceptors (Lipinski definition) is 2. The Bertz CT molecular complexity index is 1880. The quantitative estimate of drug-likeness (QED) is 0.251. The van der Waals surface area contributed by atoms with Crippen LogP contribution in [0.15, 0.2) is 103 Å². The van der Waals surface area contributed by atoms with Crippen LogP contribution in [0.2, 0.25) is 0 Å². The number of rotatable bonds is 2. The molecule has 2 heteroatoms. The molecule has 6 rings (SSSR count). The second-order valence-electron chi connectivity index (χ2n) is 8.84. The van der Waals surface area contributed by atoms with Gasteiger partial charge in [-0.05, 0) is 85.3 Å². The van der Waals surface area contributed by atoms with Crippen LogP contribution in [0.3, 0.4) is 0 Å². The molecular formula is C33H20N2. The topological polar surface area (TPSA) is 47.6 Å². The highest BCUT2D eigenvalue weighted by Crippen LogP contribution is 2.46. The second-order valence-corrected chi connectivity index (χ2v) is 8.84. The number of fused-ring (bicyclic) bond motifs is 4. The van der Waals surface area contributed by atoms with Crippen molar-refractivity contribution in [2.45, 2.75) is 6.92 Å². The summed E-state index contributed by atoms with van der Waals surface area (Å²) in [6.07, 6.45) is 0. The molecule has 0 atom stereocenters. The summed E-state index contributed by atoms with van der Waals surface area (Å²) in [7, 11) is 0. The smallest absolute Gasteiger partial charge is 0.101 e. The first-order valence-corrected chi connectivity index (χ1v) is 11.6. The zero-order valence-corrected chi connectivity index (χ0v) is 19.2. The normalized spacial score (nSPS) is 10.9. The van der Waals surface area contributed by atoms with E-state index in [9.17, 15) is 10.5 Å². The van der Waals surface area contributed by atoms with Crippen LogP contribution < -0.4 is 0 Å². The Morgan fingerprint density at radius 1 is 0.514 bits per heavy atom. The summed E-state index contributed by atoms with van der Waals surface area (Å²) >= 11 is 0. The molecule has 0 fully saturated rings. The van der Waals surface area contributed by atoms with Crippen LogP contribution in [-0.4, -0.2) is 0 Å². The van der Waals surface area contributed by atoms with Gasteiger partial charge in [0.25, 0.3) is 0 Å². The van der Waals surface area contributed by atoms with Gasteiger partial charge in [0.2, 0.25) is 0 Å². The highest BCUT2D eigenvalue weighted by atomic mass is 14.3. The van der Waals surface area contributed by atoms with Gasteiger partial charge >= 0.3 is 0 Å². The summed E-state index contributed by atoms with van der Waals surface area (Å²) in [4.78, 5) is 0. The third-order valence-electron chi connectivity index (χ3n) is 6.85. The van der Waals surface area contributed by atoms with E-state index in [1.807, 2.05) is 19.1 Å². The van der Waals surface area contributed by atoms with Gasteiger partial charge in [-0.25, -0.2) is 0 Å². The number of hydrogen-bond donors (Lipinski definition) is 0. The molecule has 162 valence electrons. The molecule has 0 aliphatic rings. The Labute approximate surface area is 203 Å². The van der Waals surface area contributed by atoms with Gasteiger partial charge in [0.15, 0.2) is 0 Å². The zero-order valence-electron chi connectivity index (χ0n) is 19.2. The number of benzene rings is 6. The first-order chi connectivity index (χ1) is 17.2. The Hall–Kier alpha value is -4.92. The monoisotopic (exact) mass is 444 g/mol. The van der Waals surface area contributed by atoms with Crippen molar-refractivity contribution in [2.75, 3.05) is 0 Å². The minimum atomic E-state index is 0.398. The van der Waals surface area contributed by atoms with Crippen LogP contribution in [-0.2, 0) is 0 Å². The largest absolute Gasteiger partial charge is 0.192 e. The summed E-state index contributed by atoms with van der Waals surface area (Å²) < 4.78 is 0. The van der Waals surface area contributed by atoms with Gasteiger partial charge in [0.1, 0.15) is 12.1 Å². The van der Waals surface area contributed by atoms with Gasteiger partial charge in [-0.1, -0.05) is 84.9 Å². The van der Waals surface area contributed by atoms with E-state index >= 15 is 0 Å². The van der Waals surface area contributed by atoms with Crippen molar-refractivity contribution in [1.82, 2.24) is 0 Å². The first kappa shape index (κ1) is 20.7. The van der Waals surface area contributed by atoms with Crippen molar-refractivity contribution in [3.63, 3.8) is 0 Å². The number of nitrogens with zero attached hydrogens (tertiary/aromatic N) is 2. The van der Waals surface area contributed by atoms with E-state index in [2.05, 4.69) is 103 Å². The van der Waals surface area contributed by atoms with Gasteiger partial charge in [0, 0.05) is 0 Å². The molecule has 0 saturated carbocycles. The standard InChI is InChI=1S/C33H20N2/c1-21-16-25(19-34)26(20-35)18-31(21)33-30-13-7-5-11-28(30)27-10-4-6-12-29(27)32(33)24-15-14-22-8-2-3-9-23(22)17-24/h2-18H,1H3. The lowest BCUT2D eigenvalue weighted by Gasteiger charge is -2.20. The Balaban J connectivity index is 1.84. The summed E-state index contributed by atoms with van der Waals surface area (Å²) in [5.74, 6) is 0. The third-order valence-corrected chi connectivity index (χ3v) is 6.85. The lowest BCUT2D eigenvalue weighted by atomic mass is 9.82. The minimum absolute atomic E-state index is 0.398. The predicted molar refractivity (Wildman–Crippen MR) is 144 cm³/mol. The van der Waals surface area contributed by atoms with E-state index < -0.39 is 0 Å². The molecule has 0 bridgehead atoms. The molecule has 2 nitrogen and oxygen atoms in total. The van der Waals surface area contributed by atoms with E-state index in [-0.39, 0.29) is 0 Å². The van der Waals surface area contributed by atoms with Crippen LogP contribution in [0, 0.1) is 29.6 Å². The van der Waals surface area contributed by atoms with E-state index in [0.717, 1.165) is 33.2 Å². The average molecular weight is 445 g/mol. The lowest BCUT2D eigenvalue weighted by Crippen LogP contribution is -1.96. The molecule has 0 aliphatic carbocycles. The summed E-state index contributed by atoms with van der Waals surface area (Å²) in [5, 5.41) is 26.4. The van der Waals surface area contributed by atoms with Gasteiger partial charge < -0.3 is 0 Å². The minimum Gasteiger partial charge on any atom is -0.192 e. The van der Waals surface area contributed by atoms with E-state index in [4.69, 9.17) is 0 Å². The molecule has 0 spiro atoms. The second kappa shape index (κ2) is 8.14. The molecule has 0 unspecified atom stereocenters. The molecular weight excluding hydrogens is 424 g/mol. The van der Waals surface area contributed by atoms with Gasteiger partial charge in [-0.15, -0.1) is 0 Å². The molecule has 35 heavy (non-hydrogen) atoms. The third kappa shape index (κ3) is 3.24. The molecule has 0 aliphatic heterocycles. The highest BCUT2D eigenvalue weighted by Gasteiger charge is 2.20. The zero-order chi connectivity index (χ0) is 23.9. The van der Waals surface area contributed by atoms with Crippen LogP contribution in [0.5, 0.6) is 0 Å². The van der Waals surface area contributed by atoms with Crippen LogP contribution >= 0.6 is 0 Å². The fraction of sp³-hybridized carbons (Fsp3) is 0.0303. The van der Waals surface area contributed by atoms with Crippen molar-refractivity contribution in [1.29, 1.82) is 10.5 Å². The highest BCUT2D eigenvalue weighted by molar-refractivity contribution is 6.22. The molecule has 0 radical (unpaired) electrons.